The molecule has 0 aromatic heterocycles. The van der Waals surface area contributed by atoms with Crippen molar-refractivity contribution in [3.63, 3.8) is 0 Å². The van der Waals surface area contributed by atoms with Gasteiger partial charge in [0.15, 0.2) is 11.5 Å². The molecule has 2 fully saturated rings. The fourth-order valence-electron chi connectivity index (χ4n) is 4.01. The zero-order chi connectivity index (χ0) is 21.7. The summed E-state index contributed by atoms with van der Waals surface area (Å²) in [7, 11) is 1.47. The fraction of sp³-hybridized carbons (Fsp3) is 0.524. The summed E-state index contributed by atoms with van der Waals surface area (Å²) < 4.78 is 10.6. The summed E-state index contributed by atoms with van der Waals surface area (Å²) in [5.74, 6) is -0.913. The van der Waals surface area contributed by atoms with Crippen LogP contribution in [0.4, 0.5) is 0 Å². The zero-order valence-corrected chi connectivity index (χ0v) is 17.2. The first-order valence-electron chi connectivity index (χ1n) is 10.2. The maximum Gasteiger partial charge on any atom is 0.269 e. The van der Waals surface area contributed by atoms with E-state index in [1.165, 1.54) is 18.1 Å². The van der Waals surface area contributed by atoms with Crippen LogP contribution in [0, 0.1) is 11.8 Å². The fourth-order valence-corrected chi connectivity index (χ4v) is 4.01. The van der Waals surface area contributed by atoms with Crippen molar-refractivity contribution in [1.29, 1.82) is 0 Å². The lowest BCUT2D eigenvalue weighted by molar-refractivity contribution is -0.140. The van der Waals surface area contributed by atoms with Crippen molar-refractivity contribution in [3.8, 4) is 11.5 Å². The minimum atomic E-state index is -0.524. The number of nitrogens with zero attached hydrogens (tertiary/aromatic N) is 1. The molecule has 1 saturated heterocycles. The minimum absolute atomic E-state index is 0.0171. The van der Waals surface area contributed by atoms with E-state index in [1.807, 2.05) is 6.92 Å². The molecule has 0 unspecified atom stereocenters. The maximum atomic E-state index is 12.4. The van der Waals surface area contributed by atoms with Crippen molar-refractivity contribution in [1.82, 2.24) is 15.8 Å². The van der Waals surface area contributed by atoms with Crippen molar-refractivity contribution in [3.05, 3.63) is 23.8 Å². The smallest absolute Gasteiger partial charge is 0.269 e. The molecule has 1 aliphatic heterocycles. The minimum Gasteiger partial charge on any atom is -0.493 e. The summed E-state index contributed by atoms with van der Waals surface area (Å²) in [5, 5.41) is 0. The molecule has 0 radical (unpaired) electrons. The Morgan fingerprint density at radius 3 is 2.33 bits per heavy atom. The Balaban J connectivity index is 1.49. The Bertz CT molecular complexity index is 816. The highest BCUT2D eigenvalue weighted by molar-refractivity contribution is 6.05. The molecule has 3 rings (SSSR count). The van der Waals surface area contributed by atoms with E-state index in [-0.39, 0.29) is 42.2 Å². The number of likely N-dealkylation sites (tertiary alicyclic amines) is 1. The first-order valence-corrected chi connectivity index (χ1v) is 10.2. The molecule has 4 amide bonds. The van der Waals surface area contributed by atoms with Crippen LogP contribution >= 0.6 is 0 Å². The molecular formula is C21H27N3O6. The number of carbonyl (C=O) groups is 4. The molecule has 1 saturated carbocycles. The number of hydrogen-bond donors (Lipinski definition) is 2. The van der Waals surface area contributed by atoms with Gasteiger partial charge in [-0.3, -0.25) is 34.9 Å². The second-order valence-corrected chi connectivity index (χ2v) is 7.38. The topological polar surface area (TPSA) is 114 Å². The Labute approximate surface area is 175 Å². The van der Waals surface area contributed by atoms with Crippen LogP contribution in [0.15, 0.2) is 18.2 Å². The van der Waals surface area contributed by atoms with Gasteiger partial charge < -0.3 is 9.47 Å². The summed E-state index contributed by atoms with van der Waals surface area (Å²) in [6, 6.07) is 4.68. The molecule has 162 valence electrons. The van der Waals surface area contributed by atoms with E-state index >= 15 is 0 Å². The highest BCUT2D eigenvalue weighted by Gasteiger charge is 2.47. The van der Waals surface area contributed by atoms with Crippen LogP contribution in [-0.4, -0.2) is 48.8 Å². The molecule has 30 heavy (non-hydrogen) atoms. The number of hydrazine groups is 1. The lowest BCUT2D eigenvalue weighted by atomic mass is 9.81. The Hall–Kier alpha value is -3.10. The summed E-state index contributed by atoms with van der Waals surface area (Å²) in [5.41, 5.74) is 4.92. The zero-order valence-electron chi connectivity index (χ0n) is 17.2. The Kier molecular flexibility index (Phi) is 6.91. The molecule has 9 heteroatoms. The van der Waals surface area contributed by atoms with Crippen molar-refractivity contribution < 1.29 is 28.7 Å². The van der Waals surface area contributed by atoms with E-state index in [2.05, 4.69) is 10.9 Å². The molecule has 1 aromatic rings. The predicted molar refractivity (Wildman–Crippen MR) is 107 cm³/mol. The van der Waals surface area contributed by atoms with Gasteiger partial charge in [0.2, 0.25) is 17.7 Å². The number of fused-ring (bicyclic) bond motifs is 1. The number of rotatable bonds is 7. The molecule has 0 bridgehead atoms. The van der Waals surface area contributed by atoms with Crippen LogP contribution in [-0.2, 0) is 14.4 Å². The predicted octanol–water partition coefficient (Wildman–Crippen LogP) is 1.42. The largest absolute Gasteiger partial charge is 0.493 e. The van der Waals surface area contributed by atoms with Crippen LogP contribution < -0.4 is 20.3 Å². The molecule has 9 nitrogen and oxygen atoms in total. The van der Waals surface area contributed by atoms with Crippen LogP contribution in [0.1, 0.15) is 49.4 Å². The first-order chi connectivity index (χ1) is 14.5. The van der Waals surface area contributed by atoms with E-state index < -0.39 is 11.8 Å². The lowest BCUT2D eigenvalue weighted by Gasteiger charge is -2.19. The highest BCUT2D eigenvalue weighted by atomic mass is 16.5. The molecular weight excluding hydrogens is 390 g/mol. The SMILES string of the molecule is CCOc1ccc(C(=O)NNC(=O)CCN2C(=O)[C@H]3CCCC[C@@H]3C2=O)cc1OC. The Morgan fingerprint density at radius 1 is 1.07 bits per heavy atom. The molecule has 1 heterocycles. The van der Waals surface area contributed by atoms with Crippen molar-refractivity contribution in [2.45, 2.75) is 39.0 Å². The highest BCUT2D eigenvalue weighted by Crippen LogP contribution is 2.37. The van der Waals surface area contributed by atoms with Gasteiger partial charge in [-0.05, 0) is 38.0 Å². The van der Waals surface area contributed by atoms with Crippen molar-refractivity contribution >= 4 is 23.6 Å². The summed E-state index contributed by atoms with van der Waals surface area (Å²) in [6.07, 6.45) is 3.30. The van der Waals surface area contributed by atoms with Gasteiger partial charge in [-0.2, -0.15) is 0 Å². The lowest BCUT2D eigenvalue weighted by Crippen LogP contribution is -2.43. The van der Waals surface area contributed by atoms with Crippen LogP contribution in [0.3, 0.4) is 0 Å². The van der Waals surface area contributed by atoms with Crippen molar-refractivity contribution in [2.24, 2.45) is 11.8 Å². The van der Waals surface area contributed by atoms with E-state index in [0.717, 1.165) is 25.7 Å². The van der Waals surface area contributed by atoms with Gasteiger partial charge in [-0.1, -0.05) is 12.8 Å². The van der Waals surface area contributed by atoms with Crippen LogP contribution in [0.5, 0.6) is 11.5 Å². The maximum absolute atomic E-state index is 12.4. The second-order valence-electron chi connectivity index (χ2n) is 7.38. The molecule has 0 spiro atoms. The molecule has 2 aliphatic rings. The number of carbonyl (C=O) groups excluding carboxylic acids is 4. The normalized spacial score (nSPS) is 20.5. The quantitative estimate of drug-likeness (QED) is 0.512. The third kappa shape index (κ3) is 4.55. The molecule has 2 N–H and O–H groups in total. The van der Waals surface area contributed by atoms with E-state index in [9.17, 15) is 19.2 Å². The number of methoxy groups -OCH3 is 1. The number of benzene rings is 1. The number of hydrogen-bond acceptors (Lipinski definition) is 6. The molecule has 2 atom stereocenters. The monoisotopic (exact) mass is 417 g/mol. The van der Waals surface area contributed by atoms with Gasteiger partial charge in [0, 0.05) is 18.5 Å². The van der Waals surface area contributed by atoms with Gasteiger partial charge >= 0.3 is 0 Å². The van der Waals surface area contributed by atoms with Crippen molar-refractivity contribution in [2.75, 3.05) is 20.3 Å². The van der Waals surface area contributed by atoms with Gasteiger partial charge in [0.25, 0.3) is 5.91 Å². The third-order valence-corrected chi connectivity index (χ3v) is 5.54. The average molecular weight is 417 g/mol. The van der Waals surface area contributed by atoms with Crippen LogP contribution in [0.25, 0.3) is 0 Å². The van der Waals surface area contributed by atoms with Gasteiger partial charge in [0.05, 0.1) is 25.6 Å². The van der Waals surface area contributed by atoms with Gasteiger partial charge in [-0.25, -0.2) is 0 Å². The first kappa shape index (κ1) is 21.6. The summed E-state index contributed by atoms with van der Waals surface area (Å²) in [6.45, 7) is 2.32. The van der Waals surface area contributed by atoms with Crippen LogP contribution in [0.2, 0.25) is 0 Å². The van der Waals surface area contributed by atoms with E-state index in [0.29, 0.717) is 18.1 Å². The number of ether oxygens (including phenoxy) is 2. The standard InChI is InChI=1S/C21H27N3O6/c1-3-30-16-9-8-13(12-17(16)29-2)19(26)23-22-18(25)10-11-24-20(27)14-6-4-5-7-15(14)21(24)28/h8-9,12,14-15H,3-7,10-11H2,1-2H3,(H,22,25)(H,23,26)/t14-,15-/m0/s1. The number of imide groups is 1. The van der Waals surface area contributed by atoms with Gasteiger partial charge in [-0.15, -0.1) is 0 Å². The number of nitrogens with one attached hydrogen (secondary N) is 2. The van der Waals surface area contributed by atoms with E-state index in [1.54, 1.807) is 12.1 Å². The summed E-state index contributed by atoms with van der Waals surface area (Å²) >= 11 is 0. The van der Waals surface area contributed by atoms with E-state index in [4.69, 9.17) is 9.47 Å². The third-order valence-electron chi connectivity index (χ3n) is 5.54. The second kappa shape index (κ2) is 9.60. The molecule has 1 aliphatic carbocycles. The van der Waals surface area contributed by atoms with Gasteiger partial charge in [0.1, 0.15) is 0 Å². The average Bonchev–Trinajstić information content (AvgIpc) is 3.01. The summed E-state index contributed by atoms with van der Waals surface area (Å²) in [4.78, 5) is 50.4. The Morgan fingerprint density at radius 2 is 1.73 bits per heavy atom. The number of amides is 4. The molecule has 1 aromatic carbocycles.